The van der Waals surface area contributed by atoms with Crippen LogP contribution in [0.1, 0.15) is 29.2 Å². The number of carbonyl (C=O) groups is 1. The number of hydrogen-bond donors (Lipinski definition) is 1. The Morgan fingerprint density at radius 2 is 1.96 bits per heavy atom. The number of nitrogens with zero attached hydrogens (tertiary/aromatic N) is 1. The smallest absolute Gasteiger partial charge is 0.231 e. The van der Waals surface area contributed by atoms with Crippen molar-refractivity contribution in [3.8, 4) is 11.5 Å². The van der Waals surface area contributed by atoms with Crippen molar-refractivity contribution in [3.05, 3.63) is 76.2 Å². The van der Waals surface area contributed by atoms with E-state index in [9.17, 15) is 4.79 Å². The molecule has 5 nitrogen and oxygen atoms in total. The lowest BCUT2D eigenvalue weighted by atomic mass is 9.88. The van der Waals surface area contributed by atoms with Crippen LogP contribution in [0, 0.1) is 0 Å². The molecular formula is C21H20N2O3S. The summed E-state index contributed by atoms with van der Waals surface area (Å²) in [5.74, 6) is 1.47. The number of aromatic nitrogens is 1. The van der Waals surface area contributed by atoms with E-state index in [4.69, 9.17) is 9.47 Å². The van der Waals surface area contributed by atoms with Gasteiger partial charge < -0.3 is 14.8 Å². The minimum absolute atomic E-state index is 0.0248. The molecule has 0 saturated carbocycles. The fourth-order valence-corrected chi connectivity index (χ4v) is 3.78. The van der Waals surface area contributed by atoms with E-state index in [2.05, 4.69) is 22.4 Å². The van der Waals surface area contributed by atoms with Gasteiger partial charge in [0.2, 0.25) is 12.7 Å². The largest absolute Gasteiger partial charge is 0.454 e. The van der Waals surface area contributed by atoms with Crippen molar-refractivity contribution < 1.29 is 14.3 Å². The van der Waals surface area contributed by atoms with Crippen LogP contribution in [-0.4, -0.2) is 24.2 Å². The Kier molecular flexibility index (Phi) is 5.34. The molecule has 1 aliphatic heterocycles. The summed E-state index contributed by atoms with van der Waals surface area (Å²) in [6, 6.07) is 16.0. The van der Waals surface area contributed by atoms with Crippen LogP contribution in [0.5, 0.6) is 11.5 Å². The molecule has 4 rings (SSSR count). The molecular weight excluding hydrogens is 360 g/mol. The van der Waals surface area contributed by atoms with Crippen LogP contribution in [0.3, 0.4) is 0 Å². The van der Waals surface area contributed by atoms with Crippen molar-refractivity contribution >= 4 is 17.2 Å². The normalized spacial score (nSPS) is 13.3. The monoisotopic (exact) mass is 380 g/mol. The van der Waals surface area contributed by atoms with E-state index in [1.807, 2.05) is 47.3 Å². The van der Waals surface area contributed by atoms with E-state index in [1.54, 1.807) is 11.3 Å². The predicted molar refractivity (Wildman–Crippen MR) is 104 cm³/mol. The highest BCUT2D eigenvalue weighted by atomic mass is 32.1. The summed E-state index contributed by atoms with van der Waals surface area (Å²) in [7, 11) is 0. The van der Waals surface area contributed by atoms with E-state index in [0.717, 1.165) is 34.7 Å². The molecule has 0 bridgehead atoms. The first-order valence-electron chi connectivity index (χ1n) is 8.88. The standard InChI is InChI=1S/C21H20N2O3S/c24-21(22-9-8-17-12-27-13-23-17)11-18(15-4-2-1-3-5-15)16-6-7-19-20(10-16)26-14-25-19/h1-7,10,12-13,18H,8-9,11,14H2,(H,22,24). The Bertz CT molecular complexity index is 897. The second-order valence-electron chi connectivity index (χ2n) is 6.36. The molecule has 1 N–H and O–H groups in total. The third kappa shape index (κ3) is 4.28. The van der Waals surface area contributed by atoms with Crippen LogP contribution >= 0.6 is 11.3 Å². The summed E-state index contributed by atoms with van der Waals surface area (Å²) < 4.78 is 10.9. The van der Waals surface area contributed by atoms with Gasteiger partial charge in [0.25, 0.3) is 0 Å². The first-order chi connectivity index (χ1) is 13.3. The number of fused-ring (bicyclic) bond motifs is 1. The zero-order valence-corrected chi connectivity index (χ0v) is 15.6. The van der Waals surface area contributed by atoms with Crippen molar-refractivity contribution in [2.45, 2.75) is 18.8 Å². The van der Waals surface area contributed by atoms with Gasteiger partial charge in [0, 0.05) is 30.7 Å². The highest BCUT2D eigenvalue weighted by Crippen LogP contribution is 2.37. The number of hydrogen-bond acceptors (Lipinski definition) is 5. The van der Waals surface area contributed by atoms with Crippen molar-refractivity contribution in [2.75, 3.05) is 13.3 Å². The minimum atomic E-state index is -0.0417. The molecule has 2 heterocycles. The molecule has 0 saturated heterocycles. The lowest BCUT2D eigenvalue weighted by Crippen LogP contribution is -2.27. The lowest BCUT2D eigenvalue weighted by Gasteiger charge is -2.18. The SMILES string of the molecule is O=C(CC(c1ccccc1)c1ccc2c(c1)OCO2)NCCc1cscn1. The van der Waals surface area contributed by atoms with Crippen molar-refractivity contribution in [2.24, 2.45) is 0 Å². The fraction of sp³-hybridized carbons (Fsp3) is 0.238. The molecule has 1 unspecified atom stereocenters. The fourth-order valence-electron chi connectivity index (χ4n) is 3.19. The van der Waals surface area contributed by atoms with Crippen LogP contribution in [0.15, 0.2) is 59.4 Å². The maximum absolute atomic E-state index is 12.6. The molecule has 1 amide bonds. The highest BCUT2D eigenvalue weighted by Gasteiger charge is 2.21. The molecule has 1 atom stereocenters. The number of carbonyl (C=O) groups excluding carboxylic acids is 1. The zero-order valence-electron chi connectivity index (χ0n) is 14.8. The lowest BCUT2D eigenvalue weighted by molar-refractivity contribution is -0.121. The first kappa shape index (κ1) is 17.5. The van der Waals surface area contributed by atoms with E-state index in [0.29, 0.717) is 13.0 Å². The van der Waals surface area contributed by atoms with Gasteiger partial charge in [-0.05, 0) is 23.3 Å². The first-order valence-corrected chi connectivity index (χ1v) is 9.82. The Labute approximate surface area is 162 Å². The average molecular weight is 380 g/mol. The van der Waals surface area contributed by atoms with E-state index in [1.165, 1.54) is 0 Å². The molecule has 0 aliphatic carbocycles. The molecule has 138 valence electrons. The maximum atomic E-state index is 12.6. The van der Waals surface area contributed by atoms with E-state index < -0.39 is 0 Å². The van der Waals surface area contributed by atoms with Gasteiger partial charge in [-0.2, -0.15) is 0 Å². The number of benzene rings is 2. The Hall–Kier alpha value is -2.86. The third-order valence-electron chi connectivity index (χ3n) is 4.58. The highest BCUT2D eigenvalue weighted by molar-refractivity contribution is 7.07. The number of nitrogens with one attached hydrogen (secondary N) is 1. The van der Waals surface area contributed by atoms with Gasteiger partial charge >= 0.3 is 0 Å². The molecule has 3 aromatic rings. The number of rotatable bonds is 7. The topological polar surface area (TPSA) is 60.5 Å². The van der Waals surface area contributed by atoms with E-state index >= 15 is 0 Å². The van der Waals surface area contributed by atoms with E-state index in [-0.39, 0.29) is 18.6 Å². The summed E-state index contributed by atoms with van der Waals surface area (Å²) in [5.41, 5.74) is 4.96. The molecule has 0 spiro atoms. The van der Waals surface area contributed by atoms with Crippen LogP contribution in [0.2, 0.25) is 0 Å². The van der Waals surface area contributed by atoms with Crippen LogP contribution in [-0.2, 0) is 11.2 Å². The number of amides is 1. The molecule has 1 aliphatic rings. The predicted octanol–water partition coefficient (Wildman–Crippen LogP) is 3.75. The summed E-state index contributed by atoms with van der Waals surface area (Å²) in [6.07, 6.45) is 1.12. The minimum Gasteiger partial charge on any atom is -0.454 e. The summed E-state index contributed by atoms with van der Waals surface area (Å²) in [4.78, 5) is 16.8. The molecule has 2 aromatic carbocycles. The third-order valence-corrected chi connectivity index (χ3v) is 5.21. The van der Waals surface area contributed by atoms with Gasteiger partial charge in [-0.1, -0.05) is 36.4 Å². The Morgan fingerprint density at radius 3 is 2.78 bits per heavy atom. The van der Waals surface area contributed by atoms with Gasteiger partial charge in [0.05, 0.1) is 11.2 Å². The van der Waals surface area contributed by atoms with Crippen molar-refractivity contribution in [3.63, 3.8) is 0 Å². The molecule has 0 fully saturated rings. The quantitative estimate of drug-likeness (QED) is 0.678. The molecule has 0 radical (unpaired) electrons. The maximum Gasteiger partial charge on any atom is 0.231 e. The van der Waals surface area contributed by atoms with Crippen LogP contribution < -0.4 is 14.8 Å². The summed E-state index contributed by atoms with van der Waals surface area (Å²) in [5, 5.41) is 5.02. The van der Waals surface area contributed by atoms with Gasteiger partial charge in [0.1, 0.15) is 0 Å². The van der Waals surface area contributed by atoms with Crippen LogP contribution in [0.4, 0.5) is 0 Å². The number of thiazole rings is 1. The average Bonchev–Trinajstić information content (AvgIpc) is 3.38. The zero-order chi connectivity index (χ0) is 18.5. The summed E-state index contributed by atoms with van der Waals surface area (Å²) in [6.45, 7) is 0.830. The Morgan fingerprint density at radius 1 is 1.11 bits per heavy atom. The second kappa shape index (κ2) is 8.22. The van der Waals surface area contributed by atoms with Crippen LogP contribution in [0.25, 0.3) is 0 Å². The van der Waals surface area contributed by atoms with Gasteiger partial charge in [-0.3, -0.25) is 4.79 Å². The van der Waals surface area contributed by atoms with Crippen molar-refractivity contribution in [1.29, 1.82) is 0 Å². The van der Waals surface area contributed by atoms with Gasteiger partial charge in [0.15, 0.2) is 11.5 Å². The molecule has 27 heavy (non-hydrogen) atoms. The summed E-state index contributed by atoms with van der Waals surface area (Å²) >= 11 is 1.57. The second-order valence-corrected chi connectivity index (χ2v) is 7.08. The molecule has 6 heteroatoms. The Balaban J connectivity index is 1.47. The number of ether oxygens (including phenoxy) is 2. The van der Waals surface area contributed by atoms with Gasteiger partial charge in [-0.15, -0.1) is 11.3 Å². The van der Waals surface area contributed by atoms with Crippen molar-refractivity contribution in [1.82, 2.24) is 10.3 Å². The van der Waals surface area contributed by atoms with Gasteiger partial charge in [-0.25, -0.2) is 4.98 Å². The molecule has 1 aromatic heterocycles.